The van der Waals surface area contributed by atoms with Gasteiger partial charge in [0.25, 0.3) is 5.91 Å². The zero-order valence-corrected chi connectivity index (χ0v) is 14.6. The molecule has 144 valence electrons. The Balaban J connectivity index is 1.75. The topological polar surface area (TPSA) is 177 Å². The second-order valence-electron chi connectivity index (χ2n) is 5.62. The van der Waals surface area contributed by atoms with E-state index in [0.29, 0.717) is 5.69 Å². The van der Waals surface area contributed by atoms with Crippen molar-refractivity contribution in [3.8, 4) is 11.8 Å². The van der Waals surface area contributed by atoms with Crippen LogP contribution in [0.5, 0.6) is 5.75 Å². The van der Waals surface area contributed by atoms with Crippen molar-refractivity contribution in [2.24, 2.45) is 0 Å². The Hall–Kier alpha value is -4.72. The Labute approximate surface area is 163 Å². The Morgan fingerprint density at radius 3 is 2.69 bits per heavy atom. The van der Waals surface area contributed by atoms with Gasteiger partial charge in [-0.05, 0) is 41.6 Å². The first-order valence-electron chi connectivity index (χ1n) is 8.06. The molecular weight excluding hydrogens is 378 g/mol. The molecule has 0 fully saturated rings. The minimum atomic E-state index is -1.31. The lowest BCUT2D eigenvalue weighted by Gasteiger charge is -2.09. The van der Waals surface area contributed by atoms with E-state index in [1.807, 2.05) is 6.07 Å². The molecule has 11 nitrogen and oxygen atoms in total. The van der Waals surface area contributed by atoms with Gasteiger partial charge in [0.15, 0.2) is 0 Å². The number of anilines is 2. The summed E-state index contributed by atoms with van der Waals surface area (Å²) in [6.45, 7) is 0. The first-order valence-corrected chi connectivity index (χ1v) is 8.06. The maximum Gasteiger partial charge on any atom is 0.339 e. The standard InChI is InChI=1S/C18H13N7O4/c19-8-11(16-22-24-25-23-16)9-20-12-3-1-2-10(6-12)17(27)21-13-4-5-15(26)14(7-13)18(28)29/h1-7,9,20,26H,(H,21,27)(H,28,29)(H,22,23,24,25). The third-order valence-electron chi connectivity index (χ3n) is 3.70. The third kappa shape index (κ3) is 4.52. The van der Waals surface area contributed by atoms with Crippen molar-refractivity contribution in [3.05, 3.63) is 65.6 Å². The number of hydrogen-bond acceptors (Lipinski definition) is 8. The van der Waals surface area contributed by atoms with Crippen molar-refractivity contribution >= 4 is 28.8 Å². The number of tetrazole rings is 1. The van der Waals surface area contributed by atoms with Crippen molar-refractivity contribution in [2.75, 3.05) is 10.6 Å². The fraction of sp³-hybridized carbons (Fsp3) is 0. The molecule has 1 aromatic heterocycles. The number of benzene rings is 2. The van der Waals surface area contributed by atoms with Crippen molar-refractivity contribution < 1.29 is 19.8 Å². The van der Waals surface area contributed by atoms with Gasteiger partial charge in [0.05, 0.1) is 0 Å². The number of hydrogen-bond donors (Lipinski definition) is 5. The van der Waals surface area contributed by atoms with Crippen LogP contribution in [-0.2, 0) is 0 Å². The van der Waals surface area contributed by atoms with E-state index in [9.17, 15) is 14.7 Å². The molecule has 0 spiro atoms. The van der Waals surface area contributed by atoms with Crippen LogP contribution in [0.2, 0.25) is 0 Å². The molecule has 0 aliphatic rings. The monoisotopic (exact) mass is 391 g/mol. The number of amides is 1. The number of aromatic carboxylic acids is 1. The summed E-state index contributed by atoms with van der Waals surface area (Å²) in [6.07, 6.45) is 1.38. The van der Waals surface area contributed by atoms with Crippen LogP contribution in [0.25, 0.3) is 5.57 Å². The number of nitriles is 1. The van der Waals surface area contributed by atoms with Crippen LogP contribution in [0.4, 0.5) is 11.4 Å². The molecule has 0 unspecified atom stereocenters. The van der Waals surface area contributed by atoms with E-state index in [1.54, 1.807) is 18.2 Å². The molecule has 0 saturated heterocycles. The summed E-state index contributed by atoms with van der Waals surface area (Å²) < 4.78 is 0. The van der Waals surface area contributed by atoms with Crippen LogP contribution in [0.1, 0.15) is 26.5 Å². The first kappa shape index (κ1) is 19.1. The molecule has 3 aromatic rings. The molecule has 5 N–H and O–H groups in total. The summed E-state index contributed by atoms with van der Waals surface area (Å²) in [7, 11) is 0. The number of carbonyl (C=O) groups is 2. The van der Waals surface area contributed by atoms with Gasteiger partial charge in [-0.15, -0.1) is 10.2 Å². The highest BCUT2D eigenvalue weighted by Gasteiger charge is 2.13. The Morgan fingerprint density at radius 1 is 1.17 bits per heavy atom. The summed E-state index contributed by atoms with van der Waals surface area (Å²) in [5, 5.41) is 46.3. The van der Waals surface area contributed by atoms with E-state index >= 15 is 0 Å². The van der Waals surface area contributed by atoms with E-state index < -0.39 is 17.6 Å². The number of aromatic nitrogens is 4. The number of carboxylic acids is 1. The van der Waals surface area contributed by atoms with Crippen LogP contribution in [0.15, 0.2) is 48.7 Å². The maximum atomic E-state index is 12.5. The van der Waals surface area contributed by atoms with E-state index in [0.717, 1.165) is 6.07 Å². The number of allylic oxidation sites excluding steroid dienone is 1. The molecule has 0 atom stereocenters. The minimum Gasteiger partial charge on any atom is -0.507 e. The molecular formula is C18H13N7O4. The fourth-order valence-corrected chi connectivity index (χ4v) is 2.32. The number of aromatic hydroxyl groups is 1. The number of nitrogens with one attached hydrogen (secondary N) is 3. The highest BCUT2D eigenvalue weighted by Crippen LogP contribution is 2.22. The molecule has 29 heavy (non-hydrogen) atoms. The van der Waals surface area contributed by atoms with E-state index in [-0.39, 0.29) is 28.2 Å². The molecule has 0 aliphatic heterocycles. The molecule has 2 aromatic carbocycles. The van der Waals surface area contributed by atoms with Gasteiger partial charge in [-0.25, -0.2) is 4.79 Å². The lowest BCUT2D eigenvalue weighted by molar-refractivity contribution is 0.0693. The Bertz CT molecular complexity index is 1130. The molecule has 0 radical (unpaired) electrons. The summed E-state index contributed by atoms with van der Waals surface area (Å²) in [6, 6.07) is 12.1. The van der Waals surface area contributed by atoms with Gasteiger partial charge in [-0.2, -0.15) is 10.5 Å². The first-order chi connectivity index (χ1) is 14.0. The Morgan fingerprint density at radius 2 is 2.00 bits per heavy atom. The van der Waals surface area contributed by atoms with Crippen LogP contribution in [0, 0.1) is 11.3 Å². The Kier molecular flexibility index (Phi) is 5.46. The summed E-state index contributed by atoms with van der Waals surface area (Å²) in [5.74, 6) is -2.08. The van der Waals surface area contributed by atoms with Gasteiger partial charge in [-0.1, -0.05) is 6.07 Å². The number of nitrogens with zero attached hydrogens (tertiary/aromatic N) is 4. The number of aromatic amines is 1. The number of phenols is 1. The van der Waals surface area contributed by atoms with Gasteiger partial charge < -0.3 is 20.8 Å². The molecule has 0 saturated carbocycles. The second kappa shape index (κ2) is 8.31. The molecule has 1 amide bonds. The van der Waals surface area contributed by atoms with Crippen molar-refractivity contribution in [1.29, 1.82) is 5.26 Å². The molecule has 3 rings (SSSR count). The van der Waals surface area contributed by atoms with Gasteiger partial charge in [0, 0.05) is 23.1 Å². The summed E-state index contributed by atoms with van der Waals surface area (Å²) >= 11 is 0. The highest BCUT2D eigenvalue weighted by atomic mass is 16.4. The van der Waals surface area contributed by atoms with Gasteiger partial charge in [0.1, 0.15) is 23.0 Å². The number of H-pyrrole nitrogens is 1. The lowest BCUT2D eigenvalue weighted by atomic mass is 10.1. The van der Waals surface area contributed by atoms with Crippen LogP contribution < -0.4 is 10.6 Å². The molecule has 0 bridgehead atoms. The van der Waals surface area contributed by atoms with E-state index in [4.69, 9.17) is 10.4 Å². The normalized spacial score (nSPS) is 10.8. The SMILES string of the molecule is N#CC(=CNc1cccc(C(=O)Nc2ccc(O)c(C(=O)O)c2)c1)c1nn[nH]n1. The predicted molar refractivity (Wildman–Crippen MR) is 101 cm³/mol. The number of rotatable bonds is 6. The number of carboxylic acid groups (broad SMARTS) is 1. The smallest absolute Gasteiger partial charge is 0.339 e. The predicted octanol–water partition coefficient (Wildman–Crippen LogP) is 1.83. The summed E-state index contributed by atoms with van der Waals surface area (Å²) in [5.41, 5.74) is 0.831. The van der Waals surface area contributed by atoms with Gasteiger partial charge in [-0.3, -0.25) is 4.79 Å². The average molecular weight is 391 g/mol. The van der Waals surface area contributed by atoms with Crippen LogP contribution in [-0.4, -0.2) is 42.7 Å². The van der Waals surface area contributed by atoms with Gasteiger partial charge in [0.2, 0.25) is 5.82 Å². The highest BCUT2D eigenvalue weighted by molar-refractivity contribution is 6.05. The maximum absolute atomic E-state index is 12.5. The fourth-order valence-electron chi connectivity index (χ4n) is 2.32. The molecule has 0 aliphatic carbocycles. The van der Waals surface area contributed by atoms with E-state index in [1.165, 1.54) is 24.4 Å². The van der Waals surface area contributed by atoms with Crippen molar-refractivity contribution in [1.82, 2.24) is 20.6 Å². The summed E-state index contributed by atoms with van der Waals surface area (Å²) in [4.78, 5) is 23.6. The second-order valence-corrected chi connectivity index (χ2v) is 5.62. The molecule has 1 heterocycles. The zero-order valence-electron chi connectivity index (χ0n) is 14.6. The largest absolute Gasteiger partial charge is 0.507 e. The van der Waals surface area contributed by atoms with Gasteiger partial charge >= 0.3 is 5.97 Å². The van der Waals surface area contributed by atoms with Crippen LogP contribution in [0.3, 0.4) is 0 Å². The van der Waals surface area contributed by atoms with Crippen molar-refractivity contribution in [2.45, 2.75) is 0 Å². The van der Waals surface area contributed by atoms with Crippen LogP contribution >= 0.6 is 0 Å². The zero-order chi connectivity index (χ0) is 20.8. The third-order valence-corrected chi connectivity index (χ3v) is 3.70. The average Bonchev–Trinajstić information content (AvgIpc) is 3.24. The lowest BCUT2D eigenvalue weighted by Crippen LogP contribution is -2.12. The quantitative estimate of drug-likeness (QED) is 0.310. The minimum absolute atomic E-state index is 0.121. The molecule has 11 heteroatoms. The van der Waals surface area contributed by atoms with E-state index in [2.05, 4.69) is 31.3 Å². The van der Waals surface area contributed by atoms with Crippen molar-refractivity contribution in [3.63, 3.8) is 0 Å². The number of carbonyl (C=O) groups excluding carboxylic acids is 1.